The Hall–Kier alpha value is -1.81. The number of benzene rings is 1. The van der Waals surface area contributed by atoms with Gasteiger partial charge in [0.2, 0.25) is 0 Å². The maximum atomic E-state index is 10.2. The molecule has 0 unspecified atom stereocenters. The fourth-order valence-electron chi connectivity index (χ4n) is 2.65. The second-order valence-corrected chi connectivity index (χ2v) is 7.04. The fraction of sp³-hybridized carbons (Fsp3) is 0.286. The van der Waals surface area contributed by atoms with Crippen molar-refractivity contribution in [2.75, 3.05) is 10.1 Å². The third kappa shape index (κ3) is 2.00. The van der Waals surface area contributed by atoms with Crippen molar-refractivity contribution in [2.45, 2.75) is 19.4 Å². The minimum atomic E-state index is -2.72. The van der Waals surface area contributed by atoms with Gasteiger partial charge in [0.25, 0.3) is 0 Å². The van der Waals surface area contributed by atoms with Gasteiger partial charge in [-0.25, -0.2) is 4.98 Å². The first kappa shape index (κ1) is 13.2. The van der Waals surface area contributed by atoms with Crippen molar-refractivity contribution in [1.82, 2.24) is 4.98 Å². The molecule has 5 nitrogen and oxygen atoms in total. The highest BCUT2D eigenvalue weighted by Gasteiger charge is 2.35. The fourth-order valence-corrected chi connectivity index (χ4v) is 4.63. The zero-order valence-electron chi connectivity index (χ0n) is 11.0. The summed E-state index contributed by atoms with van der Waals surface area (Å²) in [5, 5.41) is 10.7. The average molecular weight is 289 g/mol. The van der Waals surface area contributed by atoms with Crippen molar-refractivity contribution in [3.8, 4) is 6.07 Å². The molecule has 1 fully saturated rings. The topological polar surface area (TPSA) is 80.4 Å². The standard InChI is InChI=1S/C14H15N3O2S/c1-10-5-7-20(18,19)17(10)12-2-3-13-11(8-12)4-6-16-14(13)9-15/h2-4,6,8,10,18-19H,5,7H2,1H3/t10-/m0/s1. The predicted molar refractivity (Wildman–Crippen MR) is 80.7 cm³/mol. The summed E-state index contributed by atoms with van der Waals surface area (Å²) in [6.45, 7) is 1.98. The minimum Gasteiger partial charge on any atom is -0.282 e. The van der Waals surface area contributed by atoms with Gasteiger partial charge in [-0.3, -0.25) is 13.4 Å². The maximum absolute atomic E-state index is 10.2. The van der Waals surface area contributed by atoms with Gasteiger partial charge in [0.05, 0.1) is 11.4 Å². The molecular weight excluding hydrogens is 274 g/mol. The van der Waals surface area contributed by atoms with Crippen molar-refractivity contribution in [2.24, 2.45) is 0 Å². The first-order valence-corrected chi connectivity index (χ1v) is 8.04. The molecule has 0 amide bonds. The zero-order chi connectivity index (χ0) is 14.3. The third-order valence-corrected chi connectivity index (χ3v) is 5.62. The van der Waals surface area contributed by atoms with Crippen LogP contribution in [0.3, 0.4) is 0 Å². The van der Waals surface area contributed by atoms with E-state index in [4.69, 9.17) is 5.26 Å². The summed E-state index contributed by atoms with van der Waals surface area (Å²) in [5.41, 5.74) is 1.16. The number of hydrogen-bond acceptors (Lipinski definition) is 5. The van der Waals surface area contributed by atoms with E-state index in [2.05, 4.69) is 11.1 Å². The molecule has 0 bridgehead atoms. The van der Waals surface area contributed by atoms with E-state index in [9.17, 15) is 9.11 Å². The number of aromatic nitrogens is 1. The van der Waals surface area contributed by atoms with E-state index in [1.54, 1.807) is 10.5 Å². The van der Waals surface area contributed by atoms with Crippen molar-refractivity contribution in [3.05, 3.63) is 36.2 Å². The minimum absolute atomic E-state index is 0.0923. The second-order valence-electron chi connectivity index (χ2n) is 4.98. The maximum Gasteiger partial charge on any atom is 0.148 e. The molecule has 1 aromatic heterocycles. The highest BCUT2D eigenvalue weighted by molar-refractivity contribution is 8.25. The largest absolute Gasteiger partial charge is 0.282 e. The van der Waals surface area contributed by atoms with Crippen molar-refractivity contribution in [3.63, 3.8) is 0 Å². The zero-order valence-corrected chi connectivity index (χ0v) is 11.8. The summed E-state index contributed by atoms with van der Waals surface area (Å²) in [7, 11) is -2.72. The number of hydrogen-bond donors (Lipinski definition) is 2. The van der Waals surface area contributed by atoms with Crippen LogP contribution in [-0.2, 0) is 0 Å². The molecule has 1 saturated heterocycles. The molecule has 2 heterocycles. The van der Waals surface area contributed by atoms with Gasteiger partial charge in [0, 0.05) is 17.6 Å². The number of fused-ring (bicyclic) bond motifs is 1. The summed E-state index contributed by atoms with van der Waals surface area (Å²) in [6.07, 6.45) is 2.36. The third-order valence-electron chi connectivity index (χ3n) is 3.63. The van der Waals surface area contributed by atoms with Crippen molar-refractivity contribution in [1.29, 1.82) is 5.26 Å². The number of pyridine rings is 1. The van der Waals surface area contributed by atoms with E-state index in [-0.39, 0.29) is 6.04 Å². The van der Waals surface area contributed by atoms with Gasteiger partial charge in [-0.2, -0.15) is 5.26 Å². The van der Waals surface area contributed by atoms with Gasteiger partial charge < -0.3 is 0 Å². The van der Waals surface area contributed by atoms with Crippen LogP contribution in [0.1, 0.15) is 19.0 Å². The van der Waals surface area contributed by atoms with Gasteiger partial charge >= 0.3 is 0 Å². The van der Waals surface area contributed by atoms with Crippen LogP contribution in [0, 0.1) is 11.3 Å². The van der Waals surface area contributed by atoms with Crippen LogP contribution in [0.25, 0.3) is 10.8 Å². The number of nitrogens with zero attached hydrogens (tertiary/aromatic N) is 3. The highest BCUT2D eigenvalue weighted by Crippen LogP contribution is 2.53. The molecule has 1 aliphatic rings. The predicted octanol–water partition coefficient (Wildman–Crippen LogP) is 3.37. The van der Waals surface area contributed by atoms with Gasteiger partial charge in [0.1, 0.15) is 11.8 Å². The Morgan fingerprint density at radius 1 is 1.40 bits per heavy atom. The molecule has 1 aromatic carbocycles. The monoisotopic (exact) mass is 289 g/mol. The molecule has 1 aliphatic heterocycles. The molecule has 0 aliphatic carbocycles. The average Bonchev–Trinajstić information content (AvgIpc) is 2.71. The van der Waals surface area contributed by atoms with E-state index in [1.165, 1.54) is 0 Å². The van der Waals surface area contributed by atoms with Gasteiger partial charge in [-0.05, 0) is 43.0 Å². The van der Waals surface area contributed by atoms with Gasteiger partial charge in [-0.1, -0.05) is 0 Å². The Labute approximate surface area is 119 Å². The SMILES string of the molecule is C[C@H]1CCS(O)(O)N1c1ccc2c(C#N)nccc2c1. The number of anilines is 1. The van der Waals surface area contributed by atoms with Gasteiger partial charge in [0.15, 0.2) is 0 Å². The smallest absolute Gasteiger partial charge is 0.148 e. The summed E-state index contributed by atoms with van der Waals surface area (Å²) in [6, 6.07) is 9.50. The molecule has 3 rings (SSSR count). The van der Waals surface area contributed by atoms with Crippen LogP contribution < -0.4 is 4.31 Å². The lowest BCUT2D eigenvalue weighted by Crippen LogP contribution is -2.28. The Kier molecular flexibility index (Phi) is 3.05. The molecule has 0 spiro atoms. The summed E-state index contributed by atoms with van der Waals surface area (Å²) in [4.78, 5) is 4.03. The number of nitriles is 1. The van der Waals surface area contributed by atoms with Crippen LogP contribution in [0.4, 0.5) is 5.69 Å². The quantitative estimate of drug-likeness (QED) is 0.841. The lowest BCUT2D eigenvalue weighted by molar-refractivity contribution is 0.490. The van der Waals surface area contributed by atoms with Gasteiger partial charge in [-0.15, -0.1) is 10.8 Å². The van der Waals surface area contributed by atoms with Crippen LogP contribution in [0.15, 0.2) is 30.5 Å². The van der Waals surface area contributed by atoms with E-state index in [0.29, 0.717) is 11.4 Å². The first-order chi connectivity index (χ1) is 9.53. The lowest BCUT2D eigenvalue weighted by Gasteiger charge is -2.40. The number of rotatable bonds is 1. The molecule has 6 heteroatoms. The Morgan fingerprint density at radius 3 is 2.85 bits per heavy atom. The molecule has 0 saturated carbocycles. The Balaban J connectivity index is 2.13. The molecular formula is C14H15N3O2S. The summed E-state index contributed by atoms with van der Waals surface area (Å²) in [5.74, 6) is 0.409. The van der Waals surface area contributed by atoms with Crippen LogP contribution in [0.2, 0.25) is 0 Å². The molecule has 104 valence electrons. The van der Waals surface area contributed by atoms with E-state index >= 15 is 0 Å². The van der Waals surface area contributed by atoms with Crippen LogP contribution >= 0.6 is 10.8 Å². The molecule has 20 heavy (non-hydrogen) atoms. The normalized spacial score (nSPS) is 22.7. The Bertz CT molecular complexity index is 711. The van der Waals surface area contributed by atoms with E-state index < -0.39 is 10.8 Å². The van der Waals surface area contributed by atoms with Crippen LogP contribution in [0.5, 0.6) is 0 Å². The molecule has 1 atom stereocenters. The summed E-state index contributed by atoms with van der Waals surface area (Å²) < 4.78 is 22.0. The first-order valence-electron chi connectivity index (χ1n) is 6.37. The van der Waals surface area contributed by atoms with Crippen LogP contribution in [-0.4, -0.2) is 25.9 Å². The highest BCUT2D eigenvalue weighted by atomic mass is 32.3. The van der Waals surface area contributed by atoms with Crippen molar-refractivity contribution < 1.29 is 9.11 Å². The van der Waals surface area contributed by atoms with Crippen molar-refractivity contribution >= 4 is 27.2 Å². The molecule has 0 radical (unpaired) electrons. The molecule has 2 aromatic rings. The second kappa shape index (κ2) is 4.63. The van der Waals surface area contributed by atoms with E-state index in [1.807, 2.05) is 31.2 Å². The molecule has 2 N–H and O–H groups in total. The summed E-state index contributed by atoms with van der Waals surface area (Å²) >= 11 is 0. The Morgan fingerprint density at radius 2 is 2.20 bits per heavy atom. The van der Waals surface area contributed by atoms with E-state index in [0.717, 1.165) is 22.9 Å². The lowest BCUT2D eigenvalue weighted by atomic mass is 10.1.